The van der Waals surface area contributed by atoms with Gasteiger partial charge in [-0.25, -0.2) is 0 Å². The van der Waals surface area contributed by atoms with E-state index in [0.717, 1.165) is 18.7 Å². The minimum Gasteiger partial charge on any atom is -0.334 e. The van der Waals surface area contributed by atoms with Crippen molar-refractivity contribution in [3.8, 4) is 0 Å². The van der Waals surface area contributed by atoms with E-state index in [4.69, 9.17) is 0 Å². The molecule has 3 rings (SSSR count). The van der Waals surface area contributed by atoms with Gasteiger partial charge < -0.3 is 9.80 Å². The van der Waals surface area contributed by atoms with Crippen molar-refractivity contribution in [3.05, 3.63) is 21.9 Å². The smallest absolute Gasteiger partial charge is 0.282 e. The summed E-state index contributed by atoms with van der Waals surface area (Å²) in [5.41, 5.74) is 1.27. The molecule has 0 saturated carbocycles. The van der Waals surface area contributed by atoms with E-state index >= 15 is 0 Å². The van der Waals surface area contributed by atoms with Crippen molar-refractivity contribution in [2.75, 3.05) is 25.4 Å². The summed E-state index contributed by atoms with van der Waals surface area (Å²) in [5.74, 6) is 0.872. The van der Waals surface area contributed by atoms with Crippen LogP contribution in [0.5, 0.6) is 0 Å². The molecule has 1 saturated heterocycles. The van der Waals surface area contributed by atoms with Gasteiger partial charge in [-0.1, -0.05) is 11.8 Å². The van der Waals surface area contributed by atoms with Crippen molar-refractivity contribution in [1.29, 1.82) is 0 Å². The van der Waals surface area contributed by atoms with Crippen LogP contribution in [0, 0.1) is 0 Å². The van der Waals surface area contributed by atoms with E-state index in [2.05, 4.69) is 18.4 Å². The minimum absolute atomic E-state index is 0.0363. The van der Waals surface area contributed by atoms with Crippen LogP contribution in [0.3, 0.4) is 0 Å². The van der Waals surface area contributed by atoms with Gasteiger partial charge in [0.15, 0.2) is 0 Å². The first kappa shape index (κ1) is 13.0. The Balaban J connectivity index is 1.69. The lowest BCUT2D eigenvalue weighted by Gasteiger charge is -2.34. The van der Waals surface area contributed by atoms with E-state index in [0.29, 0.717) is 6.54 Å². The average molecular weight is 296 g/mol. The molecule has 1 aromatic heterocycles. The van der Waals surface area contributed by atoms with Crippen molar-refractivity contribution >= 4 is 34.2 Å². The van der Waals surface area contributed by atoms with Crippen LogP contribution < -0.4 is 0 Å². The van der Waals surface area contributed by atoms with Crippen LogP contribution >= 0.6 is 23.1 Å². The average Bonchev–Trinajstić information content (AvgIpc) is 3.00. The summed E-state index contributed by atoms with van der Waals surface area (Å²) in [7, 11) is 0. The van der Waals surface area contributed by atoms with Crippen LogP contribution in [0.2, 0.25) is 0 Å². The Morgan fingerprint density at radius 2 is 2.32 bits per heavy atom. The van der Waals surface area contributed by atoms with Crippen molar-refractivity contribution in [3.63, 3.8) is 0 Å². The predicted molar refractivity (Wildman–Crippen MR) is 77.6 cm³/mol. The highest BCUT2D eigenvalue weighted by Gasteiger charge is 2.31. The number of fused-ring (bicyclic) bond motifs is 1. The fourth-order valence-electron chi connectivity index (χ4n) is 2.67. The van der Waals surface area contributed by atoms with Gasteiger partial charge in [0.25, 0.3) is 5.24 Å². The van der Waals surface area contributed by atoms with Crippen molar-refractivity contribution in [1.82, 2.24) is 9.80 Å². The van der Waals surface area contributed by atoms with Crippen molar-refractivity contribution in [2.45, 2.75) is 19.4 Å². The Bertz CT molecular complexity index is 514. The largest absolute Gasteiger partial charge is 0.334 e. The SMILES string of the molecule is CC1c2ccsc2CCN1C(=O)CN1CCSC1=O. The molecule has 3 heterocycles. The van der Waals surface area contributed by atoms with Crippen LogP contribution in [0.15, 0.2) is 11.4 Å². The molecular formula is C13H16N2O2S2. The molecule has 2 aliphatic heterocycles. The van der Waals surface area contributed by atoms with Gasteiger partial charge in [-0.2, -0.15) is 0 Å². The molecule has 1 fully saturated rings. The van der Waals surface area contributed by atoms with Crippen LogP contribution in [-0.4, -0.2) is 46.3 Å². The predicted octanol–water partition coefficient (Wildman–Crippen LogP) is 2.36. The fraction of sp³-hybridized carbons (Fsp3) is 0.538. The zero-order valence-corrected chi connectivity index (χ0v) is 12.4. The molecule has 4 nitrogen and oxygen atoms in total. The summed E-state index contributed by atoms with van der Waals surface area (Å²) < 4.78 is 0. The molecule has 0 aromatic carbocycles. The highest BCUT2D eigenvalue weighted by Crippen LogP contribution is 2.33. The first-order valence-corrected chi connectivity index (χ1v) is 8.31. The molecule has 0 N–H and O–H groups in total. The third-order valence-corrected chi connectivity index (χ3v) is 5.66. The number of hydrogen-bond donors (Lipinski definition) is 0. The lowest BCUT2D eigenvalue weighted by molar-refractivity contribution is -0.134. The second kappa shape index (κ2) is 5.17. The van der Waals surface area contributed by atoms with Gasteiger partial charge in [0, 0.05) is 23.7 Å². The van der Waals surface area contributed by atoms with Gasteiger partial charge in [-0.3, -0.25) is 9.59 Å². The van der Waals surface area contributed by atoms with E-state index in [-0.39, 0.29) is 23.7 Å². The molecule has 19 heavy (non-hydrogen) atoms. The summed E-state index contributed by atoms with van der Waals surface area (Å²) in [6, 6.07) is 2.24. The van der Waals surface area contributed by atoms with Gasteiger partial charge in [0.2, 0.25) is 5.91 Å². The molecule has 0 bridgehead atoms. The number of amides is 2. The maximum atomic E-state index is 12.4. The Morgan fingerprint density at radius 3 is 3.05 bits per heavy atom. The lowest BCUT2D eigenvalue weighted by Crippen LogP contribution is -2.44. The summed E-state index contributed by atoms with van der Waals surface area (Å²) in [4.78, 5) is 28.9. The van der Waals surface area contributed by atoms with Gasteiger partial charge in [0.05, 0.1) is 6.04 Å². The Hall–Kier alpha value is -1.01. The van der Waals surface area contributed by atoms with Crippen molar-refractivity contribution < 1.29 is 9.59 Å². The van der Waals surface area contributed by atoms with Gasteiger partial charge in [0.1, 0.15) is 6.54 Å². The van der Waals surface area contributed by atoms with E-state index in [1.807, 2.05) is 4.90 Å². The molecular weight excluding hydrogens is 280 g/mol. The number of rotatable bonds is 2. The highest BCUT2D eigenvalue weighted by molar-refractivity contribution is 8.13. The molecule has 0 spiro atoms. The van der Waals surface area contributed by atoms with Gasteiger partial charge in [-0.05, 0) is 30.4 Å². The third-order valence-electron chi connectivity index (χ3n) is 3.77. The molecule has 2 aliphatic rings. The second-order valence-corrected chi connectivity index (χ2v) is 6.89. The molecule has 0 aliphatic carbocycles. The van der Waals surface area contributed by atoms with E-state index in [9.17, 15) is 9.59 Å². The zero-order valence-electron chi connectivity index (χ0n) is 10.8. The van der Waals surface area contributed by atoms with Gasteiger partial charge in [-0.15, -0.1) is 11.3 Å². The lowest BCUT2D eigenvalue weighted by atomic mass is 10.0. The van der Waals surface area contributed by atoms with Gasteiger partial charge >= 0.3 is 0 Å². The molecule has 0 radical (unpaired) electrons. The quantitative estimate of drug-likeness (QED) is 0.841. The van der Waals surface area contributed by atoms with E-state index in [1.54, 1.807) is 16.2 Å². The van der Waals surface area contributed by atoms with E-state index < -0.39 is 0 Å². The Morgan fingerprint density at radius 1 is 1.47 bits per heavy atom. The first-order valence-electron chi connectivity index (χ1n) is 6.44. The summed E-state index contributed by atoms with van der Waals surface area (Å²) in [6.07, 6.45) is 0.936. The van der Waals surface area contributed by atoms with Crippen LogP contribution in [-0.2, 0) is 11.2 Å². The summed E-state index contributed by atoms with van der Waals surface area (Å²) >= 11 is 3.07. The number of carbonyl (C=O) groups excluding carboxylic acids is 2. The van der Waals surface area contributed by atoms with Crippen LogP contribution in [0.1, 0.15) is 23.4 Å². The molecule has 1 unspecified atom stereocenters. The maximum Gasteiger partial charge on any atom is 0.282 e. The number of nitrogens with zero attached hydrogens (tertiary/aromatic N) is 2. The standard InChI is InChI=1S/C13H16N2O2S2/c1-9-10-3-6-18-11(10)2-4-15(9)12(16)8-14-5-7-19-13(14)17/h3,6,9H,2,4-5,7-8H2,1H3. The monoisotopic (exact) mass is 296 g/mol. The number of thiophene rings is 1. The first-order chi connectivity index (χ1) is 9.16. The Kier molecular flexibility index (Phi) is 3.54. The number of thioether (sulfide) groups is 1. The Labute approximate surface area is 120 Å². The topological polar surface area (TPSA) is 40.6 Å². The maximum absolute atomic E-state index is 12.4. The molecule has 2 amide bonds. The summed E-state index contributed by atoms with van der Waals surface area (Å²) in [5, 5.41) is 2.13. The summed E-state index contributed by atoms with van der Waals surface area (Å²) in [6.45, 7) is 3.77. The fourth-order valence-corrected chi connectivity index (χ4v) is 4.46. The minimum atomic E-state index is 0.0363. The second-order valence-electron chi connectivity index (χ2n) is 4.85. The van der Waals surface area contributed by atoms with E-state index in [1.165, 1.54) is 22.2 Å². The number of carbonyl (C=O) groups is 2. The van der Waals surface area contributed by atoms with Crippen LogP contribution in [0.25, 0.3) is 0 Å². The molecule has 1 atom stereocenters. The highest BCUT2D eigenvalue weighted by atomic mass is 32.2. The number of hydrogen-bond acceptors (Lipinski definition) is 4. The third kappa shape index (κ3) is 2.39. The molecule has 102 valence electrons. The molecule has 6 heteroatoms. The zero-order chi connectivity index (χ0) is 13.4. The van der Waals surface area contributed by atoms with Crippen LogP contribution in [0.4, 0.5) is 4.79 Å². The molecule has 1 aromatic rings. The normalized spacial score (nSPS) is 22.8. The van der Waals surface area contributed by atoms with Crippen molar-refractivity contribution in [2.24, 2.45) is 0 Å².